The van der Waals surface area contributed by atoms with Gasteiger partial charge in [0.05, 0.1) is 17.8 Å². The van der Waals surface area contributed by atoms with Crippen molar-refractivity contribution in [1.82, 2.24) is 4.98 Å². The number of Topliss-reactive ketones (excluding diaryl/α,β-unsaturated/α-hetero) is 1. The SMILES string of the molecule is CC(=O)c1ccccc1NC(=O)Cc1csc(-c2ccc(F)cc2)n1. The van der Waals surface area contributed by atoms with Crippen LogP contribution in [0.1, 0.15) is 23.0 Å². The van der Waals surface area contributed by atoms with Gasteiger partial charge in [-0.1, -0.05) is 12.1 Å². The quantitative estimate of drug-likeness (QED) is 0.694. The Morgan fingerprint density at radius 3 is 2.56 bits per heavy atom. The number of nitrogens with zero attached hydrogens (tertiary/aromatic N) is 1. The Balaban J connectivity index is 1.70. The molecule has 4 nitrogen and oxygen atoms in total. The van der Waals surface area contributed by atoms with Crippen molar-refractivity contribution in [2.45, 2.75) is 13.3 Å². The molecule has 0 bridgehead atoms. The van der Waals surface area contributed by atoms with E-state index in [1.807, 2.05) is 0 Å². The fourth-order valence-corrected chi connectivity index (χ4v) is 3.20. The van der Waals surface area contributed by atoms with Crippen molar-refractivity contribution in [1.29, 1.82) is 0 Å². The van der Waals surface area contributed by atoms with E-state index in [4.69, 9.17) is 0 Å². The first-order chi connectivity index (χ1) is 12.0. The molecule has 1 aromatic heterocycles. The zero-order valence-electron chi connectivity index (χ0n) is 13.5. The topological polar surface area (TPSA) is 59.1 Å². The molecule has 1 amide bonds. The van der Waals surface area contributed by atoms with Crippen molar-refractivity contribution in [2.24, 2.45) is 0 Å². The lowest BCUT2D eigenvalue weighted by Crippen LogP contribution is -2.16. The summed E-state index contributed by atoms with van der Waals surface area (Å²) in [6, 6.07) is 12.9. The number of rotatable bonds is 5. The fourth-order valence-electron chi connectivity index (χ4n) is 2.37. The predicted octanol–water partition coefficient (Wildman–Crippen LogP) is 4.33. The molecule has 126 valence electrons. The van der Waals surface area contributed by atoms with E-state index in [9.17, 15) is 14.0 Å². The summed E-state index contributed by atoms with van der Waals surface area (Å²) in [5.41, 5.74) is 2.40. The van der Waals surface area contributed by atoms with E-state index in [2.05, 4.69) is 10.3 Å². The average molecular weight is 354 g/mol. The van der Waals surface area contributed by atoms with Crippen molar-refractivity contribution in [3.63, 3.8) is 0 Å². The lowest BCUT2D eigenvalue weighted by atomic mass is 10.1. The van der Waals surface area contributed by atoms with Crippen LogP contribution in [0.15, 0.2) is 53.9 Å². The van der Waals surface area contributed by atoms with E-state index in [0.29, 0.717) is 16.9 Å². The Morgan fingerprint density at radius 1 is 1.12 bits per heavy atom. The highest BCUT2D eigenvalue weighted by Crippen LogP contribution is 2.24. The predicted molar refractivity (Wildman–Crippen MR) is 96.3 cm³/mol. The van der Waals surface area contributed by atoms with Crippen molar-refractivity contribution >= 4 is 28.7 Å². The highest BCUT2D eigenvalue weighted by Gasteiger charge is 2.12. The number of thiazole rings is 1. The Hall–Kier alpha value is -2.86. The zero-order chi connectivity index (χ0) is 17.8. The van der Waals surface area contributed by atoms with Crippen LogP contribution >= 0.6 is 11.3 Å². The van der Waals surface area contributed by atoms with E-state index in [1.165, 1.54) is 30.4 Å². The van der Waals surface area contributed by atoms with Gasteiger partial charge in [0.2, 0.25) is 5.91 Å². The third-order valence-corrected chi connectivity index (χ3v) is 4.51. The molecule has 0 fully saturated rings. The monoisotopic (exact) mass is 354 g/mol. The number of hydrogen-bond acceptors (Lipinski definition) is 4. The van der Waals surface area contributed by atoms with Crippen LogP contribution in [-0.2, 0) is 11.2 Å². The van der Waals surface area contributed by atoms with E-state index in [0.717, 1.165) is 10.6 Å². The van der Waals surface area contributed by atoms with Gasteiger partial charge < -0.3 is 5.32 Å². The maximum Gasteiger partial charge on any atom is 0.230 e. The normalized spacial score (nSPS) is 10.5. The summed E-state index contributed by atoms with van der Waals surface area (Å²) in [6.07, 6.45) is 0.101. The molecule has 0 aliphatic heterocycles. The Kier molecular flexibility index (Phi) is 5.00. The number of halogens is 1. The first-order valence-electron chi connectivity index (χ1n) is 7.63. The van der Waals surface area contributed by atoms with Crippen molar-refractivity contribution in [3.05, 3.63) is 71.0 Å². The summed E-state index contributed by atoms with van der Waals surface area (Å²) in [5.74, 6) is -0.656. The lowest BCUT2D eigenvalue weighted by molar-refractivity contribution is -0.115. The second-order valence-corrected chi connectivity index (χ2v) is 6.34. The van der Waals surface area contributed by atoms with Crippen molar-refractivity contribution in [2.75, 3.05) is 5.32 Å². The molecule has 0 saturated carbocycles. The first kappa shape index (κ1) is 17.0. The fraction of sp³-hybridized carbons (Fsp3) is 0.105. The first-order valence-corrected chi connectivity index (χ1v) is 8.51. The number of amides is 1. The summed E-state index contributed by atoms with van der Waals surface area (Å²) in [4.78, 5) is 28.3. The highest BCUT2D eigenvalue weighted by atomic mass is 32.1. The number of para-hydroxylation sites is 1. The number of carbonyl (C=O) groups is 2. The molecule has 2 aromatic carbocycles. The second kappa shape index (κ2) is 7.36. The van der Waals surface area contributed by atoms with E-state index >= 15 is 0 Å². The summed E-state index contributed by atoms with van der Waals surface area (Å²) < 4.78 is 13.0. The standard InChI is InChI=1S/C19H15FN2O2S/c1-12(23)16-4-2-3-5-17(16)22-18(24)10-15-11-25-19(21-15)13-6-8-14(20)9-7-13/h2-9,11H,10H2,1H3,(H,22,24). The smallest absolute Gasteiger partial charge is 0.230 e. The molecular formula is C19H15FN2O2S. The van der Waals surface area contributed by atoms with Crippen LogP contribution in [-0.4, -0.2) is 16.7 Å². The molecule has 0 saturated heterocycles. The molecule has 3 aromatic rings. The van der Waals surface area contributed by atoms with Crippen LogP contribution in [0.4, 0.5) is 10.1 Å². The van der Waals surface area contributed by atoms with Gasteiger partial charge in [-0.25, -0.2) is 9.37 Å². The van der Waals surface area contributed by atoms with Gasteiger partial charge in [0.15, 0.2) is 5.78 Å². The maximum absolute atomic E-state index is 13.0. The number of anilines is 1. The maximum atomic E-state index is 13.0. The molecule has 25 heavy (non-hydrogen) atoms. The van der Waals surface area contributed by atoms with Gasteiger partial charge in [-0.3, -0.25) is 9.59 Å². The number of nitrogens with one attached hydrogen (secondary N) is 1. The molecule has 0 aliphatic rings. The molecule has 0 unspecified atom stereocenters. The van der Waals surface area contributed by atoms with Gasteiger partial charge in [-0.05, 0) is 43.3 Å². The van der Waals surface area contributed by atoms with E-state index in [-0.39, 0.29) is 23.9 Å². The van der Waals surface area contributed by atoms with E-state index in [1.54, 1.807) is 41.8 Å². The minimum absolute atomic E-state index is 0.101. The van der Waals surface area contributed by atoms with Crippen LogP contribution in [0.25, 0.3) is 10.6 Å². The summed E-state index contributed by atoms with van der Waals surface area (Å²) in [7, 11) is 0. The number of benzene rings is 2. The van der Waals surface area contributed by atoms with Gasteiger partial charge in [0.25, 0.3) is 0 Å². The van der Waals surface area contributed by atoms with Crippen LogP contribution in [0.2, 0.25) is 0 Å². The lowest BCUT2D eigenvalue weighted by Gasteiger charge is -2.08. The molecule has 1 heterocycles. The number of ketones is 1. The molecule has 6 heteroatoms. The number of aromatic nitrogens is 1. The molecule has 0 spiro atoms. The van der Waals surface area contributed by atoms with Crippen LogP contribution < -0.4 is 5.32 Å². The minimum atomic E-state index is -0.302. The summed E-state index contributed by atoms with van der Waals surface area (Å²) in [5, 5.41) is 5.28. The Labute approximate surface area is 148 Å². The Bertz CT molecular complexity index is 919. The number of carbonyl (C=O) groups excluding carboxylic acids is 2. The zero-order valence-corrected chi connectivity index (χ0v) is 14.3. The van der Waals surface area contributed by atoms with Gasteiger partial charge in [-0.15, -0.1) is 11.3 Å². The third kappa shape index (κ3) is 4.16. The van der Waals surface area contributed by atoms with Gasteiger partial charge in [0.1, 0.15) is 10.8 Å². The minimum Gasteiger partial charge on any atom is -0.325 e. The van der Waals surface area contributed by atoms with Crippen molar-refractivity contribution in [3.8, 4) is 10.6 Å². The van der Waals surface area contributed by atoms with Gasteiger partial charge in [-0.2, -0.15) is 0 Å². The number of hydrogen-bond donors (Lipinski definition) is 1. The summed E-state index contributed by atoms with van der Waals surface area (Å²) in [6.45, 7) is 1.46. The molecular weight excluding hydrogens is 339 g/mol. The van der Waals surface area contributed by atoms with Gasteiger partial charge in [0, 0.05) is 16.5 Å². The molecule has 0 aliphatic carbocycles. The van der Waals surface area contributed by atoms with Crippen LogP contribution in [0.3, 0.4) is 0 Å². The van der Waals surface area contributed by atoms with Gasteiger partial charge >= 0.3 is 0 Å². The molecule has 3 rings (SSSR count). The summed E-state index contributed by atoms with van der Waals surface area (Å²) >= 11 is 1.40. The molecule has 1 N–H and O–H groups in total. The third-order valence-electron chi connectivity index (χ3n) is 3.57. The van der Waals surface area contributed by atoms with Crippen LogP contribution in [0.5, 0.6) is 0 Å². The average Bonchev–Trinajstić information content (AvgIpc) is 3.04. The Morgan fingerprint density at radius 2 is 1.84 bits per heavy atom. The van der Waals surface area contributed by atoms with Crippen LogP contribution in [0, 0.1) is 5.82 Å². The largest absolute Gasteiger partial charge is 0.325 e. The highest BCUT2D eigenvalue weighted by molar-refractivity contribution is 7.13. The molecule has 0 atom stereocenters. The van der Waals surface area contributed by atoms with E-state index < -0.39 is 0 Å². The van der Waals surface area contributed by atoms with Crippen molar-refractivity contribution < 1.29 is 14.0 Å². The molecule has 0 radical (unpaired) electrons. The second-order valence-electron chi connectivity index (χ2n) is 5.48.